The Morgan fingerprint density at radius 1 is 1.56 bits per heavy atom. The van der Waals surface area contributed by atoms with Gasteiger partial charge >= 0.3 is 11.7 Å². The molecule has 1 aromatic heterocycles. The maximum atomic E-state index is 11.0. The van der Waals surface area contributed by atoms with Gasteiger partial charge in [-0.05, 0) is 24.6 Å². The van der Waals surface area contributed by atoms with E-state index in [-0.39, 0.29) is 0 Å². The van der Waals surface area contributed by atoms with Crippen molar-refractivity contribution in [3.05, 3.63) is 28.7 Å². The number of oxazole rings is 1. The zero-order chi connectivity index (χ0) is 13.1. The van der Waals surface area contributed by atoms with Gasteiger partial charge in [-0.15, -0.1) is 0 Å². The van der Waals surface area contributed by atoms with Gasteiger partial charge in [0.15, 0.2) is 5.58 Å². The number of carbonyl (C=O) groups is 1. The van der Waals surface area contributed by atoms with Crippen molar-refractivity contribution in [3.8, 4) is 0 Å². The number of carboxylic acid groups (broad SMARTS) is 1. The summed E-state index contributed by atoms with van der Waals surface area (Å²) in [6.07, 6.45) is 0.315. The van der Waals surface area contributed by atoms with Gasteiger partial charge in [0.05, 0.1) is 5.52 Å². The van der Waals surface area contributed by atoms with Crippen LogP contribution in [0.4, 0.5) is 5.69 Å². The van der Waals surface area contributed by atoms with Gasteiger partial charge in [-0.1, -0.05) is 0 Å². The molecule has 0 spiro atoms. The highest BCUT2D eigenvalue weighted by atomic mass is 16.4. The van der Waals surface area contributed by atoms with Gasteiger partial charge in [0.1, 0.15) is 6.04 Å². The van der Waals surface area contributed by atoms with Gasteiger partial charge in [-0.3, -0.25) is 9.78 Å². The van der Waals surface area contributed by atoms with E-state index in [0.717, 1.165) is 5.69 Å². The summed E-state index contributed by atoms with van der Waals surface area (Å²) in [6.45, 7) is 0.432. The topological polar surface area (TPSA) is 121 Å². The molecule has 7 heteroatoms. The third-order valence-electron chi connectivity index (χ3n) is 2.52. The number of hydrogen-bond acceptors (Lipinski definition) is 5. The fourth-order valence-corrected chi connectivity index (χ4v) is 1.56. The molecule has 2 rings (SSSR count). The van der Waals surface area contributed by atoms with Crippen LogP contribution >= 0.6 is 0 Å². The summed E-state index contributed by atoms with van der Waals surface area (Å²) in [5.41, 5.74) is 7.20. The van der Waals surface area contributed by atoms with Crippen LogP contribution in [0, 0.1) is 0 Å². The van der Waals surface area contributed by atoms with Crippen molar-refractivity contribution in [2.45, 2.75) is 12.5 Å². The van der Waals surface area contributed by atoms with E-state index in [4.69, 9.17) is 15.3 Å². The van der Waals surface area contributed by atoms with Crippen LogP contribution in [-0.2, 0) is 4.79 Å². The first-order valence-electron chi connectivity index (χ1n) is 5.41. The van der Waals surface area contributed by atoms with Gasteiger partial charge in [-0.2, -0.15) is 0 Å². The minimum absolute atomic E-state index is 0.315. The lowest BCUT2D eigenvalue weighted by molar-refractivity contribution is -0.138. The summed E-state index contributed by atoms with van der Waals surface area (Å²) in [4.78, 5) is 24.0. The van der Waals surface area contributed by atoms with Crippen LogP contribution in [0.5, 0.6) is 0 Å². The molecule has 0 radical (unpaired) electrons. The lowest BCUT2D eigenvalue weighted by atomic mass is 10.2. The molecule has 0 saturated heterocycles. The highest BCUT2D eigenvalue weighted by Gasteiger charge is 2.10. The summed E-state index contributed by atoms with van der Waals surface area (Å²) in [5.74, 6) is -1.53. The van der Waals surface area contributed by atoms with Crippen LogP contribution in [-0.4, -0.2) is 28.6 Å². The summed E-state index contributed by atoms with van der Waals surface area (Å²) in [5, 5.41) is 11.6. The smallest absolute Gasteiger partial charge is 0.417 e. The highest BCUT2D eigenvalue weighted by Crippen LogP contribution is 2.15. The summed E-state index contributed by atoms with van der Waals surface area (Å²) < 4.78 is 4.86. The van der Waals surface area contributed by atoms with Gasteiger partial charge < -0.3 is 20.6 Å². The van der Waals surface area contributed by atoms with Crippen LogP contribution in [0.15, 0.2) is 27.4 Å². The fourth-order valence-electron chi connectivity index (χ4n) is 1.56. The molecule has 1 aromatic carbocycles. The number of nitrogens with two attached hydrogens (primary N) is 1. The van der Waals surface area contributed by atoms with E-state index in [1.165, 1.54) is 0 Å². The molecule has 0 amide bonds. The second-order valence-electron chi connectivity index (χ2n) is 3.89. The van der Waals surface area contributed by atoms with Crippen LogP contribution in [0.25, 0.3) is 11.1 Å². The van der Waals surface area contributed by atoms with Crippen LogP contribution in [0.2, 0.25) is 0 Å². The second kappa shape index (κ2) is 4.92. The number of nitrogens with one attached hydrogen (secondary N) is 2. The van der Waals surface area contributed by atoms with Crippen LogP contribution in [0.3, 0.4) is 0 Å². The molecule has 18 heavy (non-hydrogen) atoms. The lowest BCUT2D eigenvalue weighted by Gasteiger charge is -2.08. The maximum Gasteiger partial charge on any atom is 0.417 e. The molecule has 1 unspecified atom stereocenters. The largest absolute Gasteiger partial charge is 0.480 e. The standard InChI is InChI=1S/C11H13N3O4/c12-7(10(15)16)3-4-13-6-1-2-9-8(5-6)14-11(17)18-9/h1-2,5,7,13H,3-4,12H2,(H,14,17)(H,15,16). The van der Waals surface area contributed by atoms with E-state index < -0.39 is 17.8 Å². The molecular weight excluding hydrogens is 238 g/mol. The number of carboxylic acids is 1. The Morgan fingerprint density at radius 2 is 2.33 bits per heavy atom. The molecule has 0 fully saturated rings. The van der Waals surface area contributed by atoms with E-state index >= 15 is 0 Å². The van der Waals surface area contributed by atoms with Crippen molar-refractivity contribution < 1.29 is 14.3 Å². The van der Waals surface area contributed by atoms with E-state index in [2.05, 4.69) is 10.3 Å². The molecule has 5 N–H and O–H groups in total. The summed E-state index contributed by atoms with van der Waals surface area (Å²) in [7, 11) is 0. The second-order valence-corrected chi connectivity index (χ2v) is 3.89. The Morgan fingerprint density at radius 3 is 3.06 bits per heavy atom. The van der Waals surface area contributed by atoms with Crippen molar-refractivity contribution in [2.24, 2.45) is 5.73 Å². The van der Waals surface area contributed by atoms with Crippen LogP contribution in [0.1, 0.15) is 6.42 Å². The molecule has 2 aromatic rings. The third kappa shape index (κ3) is 2.69. The SMILES string of the molecule is NC(CCNc1ccc2oc(=O)[nH]c2c1)C(=O)O. The van der Waals surface area contributed by atoms with Crippen molar-refractivity contribution >= 4 is 22.8 Å². The number of fused-ring (bicyclic) bond motifs is 1. The minimum atomic E-state index is -1.02. The third-order valence-corrected chi connectivity index (χ3v) is 2.52. The van der Waals surface area contributed by atoms with E-state index in [9.17, 15) is 9.59 Å². The zero-order valence-corrected chi connectivity index (χ0v) is 9.47. The normalized spacial score (nSPS) is 12.5. The van der Waals surface area contributed by atoms with Crippen molar-refractivity contribution in [3.63, 3.8) is 0 Å². The molecule has 7 nitrogen and oxygen atoms in total. The number of rotatable bonds is 5. The molecule has 0 saturated carbocycles. The lowest BCUT2D eigenvalue weighted by Crippen LogP contribution is -2.32. The fraction of sp³-hybridized carbons (Fsp3) is 0.273. The first-order chi connectivity index (χ1) is 8.56. The monoisotopic (exact) mass is 251 g/mol. The van der Waals surface area contributed by atoms with Crippen molar-refractivity contribution in [2.75, 3.05) is 11.9 Å². The van der Waals surface area contributed by atoms with Gasteiger partial charge in [0.25, 0.3) is 0 Å². The number of aliphatic carboxylic acids is 1. The number of aromatic nitrogens is 1. The van der Waals surface area contributed by atoms with Gasteiger partial charge in [0, 0.05) is 12.2 Å². The summed E-state index contributed by atoms with van der Waals surface area (Å²) in [6, 6.07) is 4.24. The number of anilines is 1. The number of hydrogen-bond donors (Lipinski definition) is 4. The average Bonchev–Trinajstić information content (AvgIpc) is 2.68. The van der Waals surface area contributed by atoms with Crippen molar-refractivity contribution in [1.82, 2.24) is 4.98 Å². The molecule has 1 atom stereocenters. The Hall–Kier alpha value is -2.28. The number of H-pyrrole nitrogens is 1. The molecule has 0 aliphatic carbocycles. The molecule has 0 aliphatic heterocycles. The molecule has 0 bridgehead atoms. The average molecular weight is 251 g/mol. The molecule has 96 valence electrons. The minimum Gasteiger partial charge on any atom is -0.480 e. The predicted molar refractivity (Wildman–Crippen MR) is 65.6 cm³/mol. The molecule has 1 heterocycles. The zero-order valence-electron chi connectivity index (χ0n) is 9.47. The Balaban J connectivity index is 1.99. The number of benzene rings is 1. The van der Waals surface area contributed by atoms with E-state index in [1.54, 1.807) is 18.2 Å². The Labute approximate surface area is 102 Å². The van der Waals surface area contributed by atoms with Crippen molar-refractivity contribution in [1.29, 1.82) is 0 Å². The number of aromatic amines is 1. The molecule has 0 aliphatic rings. The first kappa shape index (κ1) is 12.2. The van der Waals surface area contributed by atoms with E-state index in [0.29, 0.717) is 24.1 Å². The van der Waals surface area contributed by atoms with Crippen LogP contribution < -0.4 is 16.8 Å². The molecular formula is C11H13N3O4. The van der Waals surface area contributed by atoms with E-state index in [1.807, 2.05) is 0 Å². The summed E-state index contributed by atoms with van der Waals surface area (Å²) >= 11 is 0. The Kier molecular flexibility index (Phi) is 3.33. The maximum absolute atomic E-state index is 11.0. The Bertz CT molecular complexity index is 616. The predicted octanol–water partition coefficient (Wildman–Crippen LogP) is 0.335. The quantitative estimate of drug-likeness (QED) is 0.607. The highest BCUT2D eigenvalue weighted by molar-refractivity contribution is 5.77. The van der Waals surface area contributed by atoms with Gasteiger partial charge in [-0.25, -0.2) is 4.79 Å². The first-order valence-corrected chi connectivity index (χ1v) is 5.41. The van der Waals surface area contributed by atoms with Gasteiger partial charge in [0.2, 0.25) is 0 Å².